The zero-order valence-electron chi connectivity index (χ0n) is 11.9. The first-order chi connectivity index (χ1) is 7.93. The lowest BCUT2D eigenvalue weighted by atomic mass is 10.00. The number of nitrogens with zero attached hydrogens (tertiary/aromatic N) is 2. The molecule has 0 aromatic carbocycles. The lowest BCUT2D eigenvalue weighted by Crippen LogP contribution is -2.54. The van der Waals surface area contributed by atoms with Crippen LogP contribution in [-0.4, -0.2) is 47.5 Å². The molecule has 0 aliphatic carbocycles. The maximum absolute atomic E-state index is 11.9. The number of hydrogen-bond donors (Lipinski definition) is 1. The van der Waals surface area contributed by atoms with E-state index in [2.05, 4.69) is 24.3 Å². The highest BCUT2D eigenvalue weighted by molar-refractivity contribution is 5.78. The number of hydrogen-bond acceptors (Lipinski definition) is 3. The van der Waals surface area contributed by atoms with Gasteiger partial charge in [0.15, 0.2) is 0 Å². The first kappa shape index (κ1) is 14.5. The summed E-state index contributed by atoms with van der Waals surface area (Å²) in [4.78, 5) is 13.7. The van der Waals surface area contributed by atoms with Crippen LogP contribution in [0.4, 0.5) is 0 Å². The number of likely N-dealkylation sites (N-methyl/N-ethyl adjacent to an activating group) is 1. The molecule has 0 saturated carbocycles. The molecule has 1 aliphatic rings. The van der Waals surface area contributed by atoms with Crippen LogP contribution >= 0.6 is 0 Å². The second-order valence-corrected chi connectivity index (χ2v) is 5.47. The molecule has 0 aromatic rings. The van der Waals surface area contributed by atoms with Gasteiger partial charge >= 0.3 is 0 Å². The van der Waals surface area contributed by atoms with Gasteiger partial charge in [-0.25, -0.2) is 10.4 Å². The molecule has 17 heavy (non-hydrogen) atoms. The Kier molecular flexibility index (Phi) is 5.40. The molecule has 4 nitrogen and oxygen atoms in total. The highest BCUT2D eigenvalue weighted by Crippen LogP contribution is 2.19. The summed E-state index contributed by atoms with van der Waals surface area (Å²) in [6.45, 7) is 8.91. The quantitative estimate of drug-likeness (QED) is 0.812. The largest absolute Gasteiger partial charge is 0.342 e. The average molecular weight is 241 g/mol. The van der Waals surface area contributed by atoms with E-state index in [0.29, 0.717) is 18.6 Å². The van der Waals surface area contributed by atoms with Gasteiger partial charge < -0.3 is 4.90 Å². The minimum Gasteiger partial charge on any atom is -0.342 e. The van der Waals surface area contributed by atoms with Gasteiger partial charge in [0.2, 0.25) is 5.91 Å². The maximum Gasteiger partial charge on any atom is 0.237 e. The standard InChI is InChI=1S/C13H27N3O/c1-10(2)15(5)13(17)9-14-16-11(3)7-6-8-12(16)4/h10-12,14H,6-9H2,1-5H3. The Labute approximate surface area is 105 Å². The second-order valence-electron chi connectivity index (χ2n) is 5.47. The van der Waals surface area contributed by atoms with Crippen LogP contribution in [0.2, 0.25) is 0 Å². The number of carbonyl (C=O) groups is 1. The van der Waals surface area contributed by atoms with Gasteiger partial charge in [0.05, 0.1) is 6.54 Å². The molecule has 1 aliphatic heterocycles. The smallest absolute Gasteiger partial charge is 0.237 e. The normalized spacial score (nSPS) is 26.2. The van der Waals surface area contributed by atoms with Crippen LogP contribution in [0.25, 0.3) is 0 Å². The Bertz CT molecular complexity index is 245. The van der Waals surface area contributed by atoms with Crippen LogP contribution in [0.15, 0.2) is 0 Å². The van der Waals surface area contributed by atoms with Crippen LogP contribution in [0.1, 0.15) is 47.0 Å². The fraction of sp³-hybridized carbons (Fsp3) is 0.923. The Hall–Kier alpha value is -0.610. The minimum atomic E-state index is 0.157. The Morgan fingerprint density at radius 3 is 2.35 bits per heavy atom. The number of amides is 1. The Morgan fingerprint density at radius 1 is 1.35 bits per heavy atom. The van der Waals surface area contributed by atoms with Crippen molar-refractivity contribution in [2.45, 2.75) is 65.1 Å². The SMILES string of the molecule is CC(C)N(C)C(=O)CNN1C(C)CCCC1C. The molecule has 0 aromatic heterocycles. The summed E-state index contributed by atoms with van der Waals surface area (Å²) >= 11 is 0. The van der Waals surface area contributed by atoms with Gasteiger partial charge in [0.25, 0.3) is 0 Å². The average Bonchev–Trinajstić information content (AvgIpc) is 2.26. The van der Waals surface area contributed by atoms with E-state index in [-0.39, 0.29) is 11.9 Å². The number of nitrogens with one attached hydrogen (secondary N) is 1. The van der Waals surface area contributed by atoms with Crippen LogP contribution in [0.5, 0.6) is 0 Å². The second kappa shape index (κ2) is 6.36. The summed E-state index contributed by atoms with van der Waals surface area (Å²) in [6.07, 6.45) is 3.72. The van der Waals surface area contributed by atoms with Gasteiger partial charge in [-0.1, -0.05) is 6.42 Å². The lowest BCUT2D eigenvalue weighted by Gasteiger charge is -2.39. The Balaban J connectivity index is 2.41. The summed E-state index contributed by atoms with van der Waals surface area (Å²) in [5.74, 6) is 0.157. The van der Waals surface area contributed by atoms with Gasteiger partial charge in [-0.3, -0.25) is 4.79 Å². The highest BCUT2D eigenvalue weighted by atomic mass is 16.2. The van der Waals surface area contributed by atoms with Crippen molar-refractivity contribution in [1.29, 1.82) is 0 Å². The molecule has 4 heteroatoms. The molecule has 1 heterocycles. The topological polar surface area (TPSA) is 35.6 Å². The van der Waals surface area contributed by atoms with E-state index >= 15 is 0 Å². The van der Waals surface area contributed by atoms with Crippen molar-refractivity contribution in [2.75, 3.05) is 13.6 Å². The van der Waals surface area contributed by atoms with Crippen LogP contribution < -0.4 is 5.43 Å². The molecule has 1 N–H and O–H groups in total. The van der Waals surface area contributed by atoms with Gasteiger partial charge in [-0.15, -0.1) is 0 Å². The molecule has 1 amide bonds. The summed E-state index contributed by atoms with van der Waals surface area (Å²) in [5.41, 5.74) is 3.30. The number of rotatable bonds is 4. The van der Waals surface area contributed by atoms with E-state index in [1.807, 2.05) is 20.9 Å². The molecule has 0 radical (unpaired) electrons. The van der Waals surface area contributed by atoms with Crippen molar-refractivity contribution >= 4 is 5.91 Å². The van der Waals surface area contributed by atoms with E-state index in [1.54, 1.807) is 4.90 Å². The number of carbonyl (C=O) groups excluding carboxylic acids is 1. The number of hydrazine groups is 1. The van der Waals surface area contributed by atoms with Crippen molar-refractivity contribution in [1.82, 2.24) is 15.3 Å². The van der Waals surface area contributed by atoms with E-state index in [9.17, 15) is 4.79 Å². The lowest BCUT2D eigenvalue weighted by molar-refractivity contribution is -0.132. The zero-order chi connectivity index (χ0) is 13.0. The minimum absolute atomic E-state index is 0.157. The van der Waals surface area contributed by atoms with E-state index in [4.69, 9.17) is 0 Å². The molecular formula is C13H27N3O. The zero-order valence-corrected chi connectivity index (χ0v) is 11.9. The van der Waals surface area contributed by atoms with Crippen molar-refractivity contribution in [2.24, 2.45) is 0 Å². The summed E-state index contributed by atoms with van der Waals surface area (Å²) in [7, 11) is 1.86. The van der Waals surface area contributed by atoms with Gasteiger partial charge in [0, 0.05) is 25.2 Å². The molecule has 2 unspecified atom stereocenters. The van der Waals surface area contributed by atoms with Gasteiger partial charge in [0.1, 0.15) is 0 Å². The van der Waals surface area contributed by atoms with Crippen LogP contribution in [0.3, 0.4) is 0 Å². The van der Waals surface area contributed by atoms with Crippen molar-refractivity contribution < 1.29 is 4.79 Å². The van der Waals surface area contributed by atoms with Gasteiger partial charge in [-0.05, 0) is 40.5 Å². The third kappa shape index (κ3) is 3.96. The monoisotopic (exact) mass is 241 g/mol. The van der Waals surface area contributed by atoms with E-state index < -0.39 is 0 Å². The van der Waals surface area contributed by atoms with Crippen LogP contribution in [-0.2, 0) is 4.79 Å². The fourth-order valence-electron chi connectivity index (χ4n) is 2.30. The molecular weight excluding hydrogens is 214 g/mol. The molecule has 1 fully saturated rings. The molecule has 1 rings (SSSR count). The maximum atomic E-state index is 11.9. The fourth-order valence-corrected chi connectivity index (χ4v) is 2.30. The Morgan fingerprint density at radius 2 is 1.88 bits per heavy atom. The molecule has 0 spiro atoms. The first-order valence-electron chi connectivity index (χ1n) is 6.71. The van der Waals surface area contributed by atoms with E-state index in [1.165, 1.54) is 19.3 Å². The first-order valence-corrected chi connectivity index (χ1v) is 6.71. The molecule has 0 bridgehead atoms. The van der Waals surface area contributed by atoms with E-state index in [0.717, 1.165) is 0 Å². The number of piperidine rings is 1. The predicted molar refractivity (Wildman–Crippen MR) is 70.5 cm³/mol. The third-order valence-corrected chi connectivity index (χ3v) is 3.77. The van der Waals surface area contributed by atoms with Crippen molar-refractivity contribution in [3.63, 3.8) is 0 Å². The van der Waals surface area contributed by atoms with Crippen molar-refractivity contribution in [3.8, 4) is 0 Å². The predicted octanol–water partition coefficient (Wildman–Crippen LogP) is 1.62. The van der Waals surface area contributed by atoms with Crippen LogP contribution in [0, 0.1) is 0 Å². The molecule has 100 valence electrons. The van der Waals surface area contributed by atoms with Gasteiger partial charge in [-0.2, -0.15) is 0 Å². The summed E-state index contributed by atoms with van der Waals surface area (Å²) in [5, 5.41) is 2.25. The van der Waals surface area contributed by atoms with Crippen molar-refractivity contribution in [3.05, 3.63) is 0 Å². The molecule has 1 saturated heterocycles. The highest BCUT2D eigenvalue weighted by Gasteiger charge is 2.25. The summed E-state index contributed by atoms with van der Waals surface area (Å²) < 4.78 is 0. The molecule has 2 atom stereocenters. The summed E-state index contributed by atoms with van der Waals surface area (Å²) in [6, 6.07) is 1.31. The third-order valence-electron chi connectivity index (χ3n) is 3.77.